The second kappa shape index (κ2) is 3.98. The average molecular weight is 189 g/mol. The number of hydrogen-bond donors (Lipinski definition) is 2. The summed E-state index contributed by atoms with van der Waals surface area (Å²) in [6.45, 7) is 3.29. The largest absolute Gasteiger partial charge is 0.329 e. The summed E-state index contributed by atoms with van der Waals surface area (Å²) in [6.07, 6.45) is 3.37. The van der Waals surface area contributed by atoms with Gasteiger partial charge in [-0.3, -0.25) is 0 Å². The standard InChI is InChI=1S/C7H13ClN4/c1-6(10-5-3-9)7(8)2-4-11-12-7/h2,4,6,10H,3,5,9H2,1H3. The third-order valence-electron chi connectivity index (χ3n) is 1.79. The Labute approximate surface area is 76.9 Å². The molecule has 1 aliphatic rings. The van der Waals surface area contributed by atoms with Crippen LogP contribution in [0.5, 0.6) is 0 Å². The van der Waals surface area contributed by atoms with Gasteiger partial charge in [-0.1, -0.05) is 11.6 Å². The van der Waals surface area contributed by atoms with E-state index in [0.717, 1.165) is 6.54 Å². The molecule has 0 aliphatic carbocycles. The molecule has 12 heavy (non-hydrogen) atoms. The predicted molar refractivity (Wildman–Crippen MR) is 49.1 cm³/mol. The number of rotatable bonds is 4. The van der Waals surface area contributed by atoms with Crippen molar-refractivity contribution < 1.29 is 0 Å². The van der Waals surface area contributed by atoms with Crippen LogP contribution in [0.15, 0.2) is 22.5 Å². The van der Waals surface area contributed by atoms with Crippen LogP contribution in [0.3, 0.4) is 0 Å². The molecule has 0 amide bonds. The van der Waals surface area contributed by atoms with Crippen LogP contribution in [-0.2, 0) is 0 Å². The van der Waals surface area contributed by atoms with Crippen molar-refractivity contribution in [3.63, 3.8) is 0 Å². The minimum absolute atomic E-state index is 0.0465. The molecule has 0 fully saturated rings. The number of nitrogens with two attached hydrogens (primary N) is 1. The van der Waals surface area contributed by atoms with Gasteiger partial charge in [0.2, 0.25) is 0 Å². The third-order valence-corrected chi connectivity index (χ3v) is 2.32. The minimum atomic E-state index is -0.713. The van der Waals surface area contributed by atoms with E-state index in [2.05, 4.69) is 15.5 Å². The molecule has 68 valence electrons. The molecule has 2 unspecified atom stereocenters. The first kappa shape index (κ1) is 9.64. The summed E-state index contributed by atoms with van der Waals surface area (Å²) in [6, 6.07) is 0.0465. The third kappa shape index (κ3) is 2.03. The van der Waals surface area contributed by atoms with E-state index < -0.39 is 5.00 Å². The van der Waals surface area contributed by atoms with E-state index in [9.17, 15) is 0 Å². The normalized spacial score (nSPS) is 29.6. The van der Waals surface area contributed by atoms with E-state index in [-0.39, 0.29) is 6.04 Å². The first-order valence-electron chi connectivity index (χ1n) is 3.91. The summed E-state index contributed by atoms with van der Waals surface area (Å²) in [4.78, 5) is -0.713. The van der Waals surface area contributed by atoms with Crippen molar-refractivity contribution in [2.75, 3.05) is 13.1 Å². The summed E-state index contributed by atoms with van der Waals surface area (Å²) in [5, 5.41) is 10.8. The molecule has 0 bridgehead atoms. The highest BCUT2D eigenvalue weighted by Gasteiger charge is 2.32. The minimum Gasteiger partial charge on any atom is -0.329 e. The van der Waals surface area contributed by atoms with Crippen molar-refractivity contribution in [2.45, 2.75) is 18.0 Å². The zero-order chi connectivity index (χ0) is 9.03. The van der Waals surface area contributed by atoms with Crippen LogP contribution in [0, 0.1) is 0 Å². The zero-order valence-corrected chi connectivity index (χ0v) is 7.75. The van der Waals surface area contributed by atoms with E-state index in [4.69, 9.17) is 17.3 Å². The fourth-order valence-corrected chi connectivity index (χ4v) is 1.14. The summed E-state index contributed by atoms with van der Waals surface area (Å²) < 4.78 is 0. The van der Waals surface area contributed by atoms with Crippen LogP contribution in [0.2, 0.25) is 0 Å². The lowest BCUT2D eigenvalue weighted by molar-refractivity contribution is 0.474. The van der Waals surface area contributed by atoms with Crippen molar-refractivity contribution in [3.05, 3.63) is 12.3 Å². The molecule has 3 N–H and O–H groups in total. The predicted octanol–water partition coefficient (Wildman–Crippen LogP) is 0.838. The van der Waals surface area contributed by atoms with E-state index in [1.165, 1.54) is 0 Å². The van der Waals surface area contributed by atoms with Crippen LogP contribution in [-0.4, -0.2) is 24.1 Å². The number of azo groups is 1. The SMILES string of the molecule is CC(NCCN)C1(Cl)C=CN=N1. The summed E-state index contributed by atoms with van der Waals surface area (Å²) in [5.74, 6) is 0. The molecule has 1 rings (SSSR count). The fourth-order valence-electron chi connectivity index (χ4n) is 0.967. The highest BCUT2D eigenvalue weighted by molar-refractivity contribution is 6.25. The van der Waals surface area contributed by atoms with Gasteiger partial charge in [0.1, 0.15) is 0 Å². The fraction of sp³-hybridized carbons (Fsp3) is 0.714. The van der Waals surface area contributed by atoms with Gasteiger partial charge in [-0.25, -0.2) is 0 Å². The lowest BCUT2D eigenvalue weighted by Gasteiger charge is -2.23. The van der Waals surface area contributed by atoms with Gasteiger partial charge in [-0.15, -0.1) is 0 Å². The zero-order valence-electron chi connectivity index (χ0n) is 7.00. The second-order valence-corrected chi connectivity index (χ2v) is 3.33. The van der Waals surface area contributed by atoms with Crippen LogP contribution in [0.1, 0.15) is 6.92 Å². The maximum atomic E-state index is 6.11. The van der Waals surface area contributed by atoms with Crippen molar-refractivity contribution in [3.8, 4) is 0 Å². The first-order valence-corrected chi connectivity index (χ1v) is 4.29. The van der Waals surface area contributed by atoms with Gasteiger partial charge < -0.3 is 11.1 Å². The summed E-state index contributed by atoms with van der Waals surface area (Å²) in [7, 11) is 0. The second-order valence-electron chi connectivity index (χ2n) is 2.72. The van der Waals surface area contributed by atoms with Crippen molar-refractivity contribution >= 4 is 11.6 Å². The van der Waals surface area contributed by atoms with Crippen LogP contribution >= 0.6 is 11.6 Å². The average Bonchev–Trinajstić information content (AvgIpc) is 2.49. The molecule has 0 radical (unpaired) electrons. The van der Waals surface area contributed by atoms with Crippen LogP contribution in [0.4, 0.5) is 0 Å². The molecule has 0 spiro atoms. The number of halogens is 1. The quantitative estimate of drug-likeness (QED) is 0.507. The number of alkyl halides is 1. The van der Waals surface area contributed by atoms with Gasteiger partial charge in [-0.05, 0) is 13.0 Å². The Morgan fingerprint density at radius 2 is 2.50 bits per heavy atom. The lowest BCUT2D eigenvalue weighted by Crippen LogP contribution is -2.43. The molecule has 2 atom stereocenters. The molecule has 4 nitrogen and oxygen atoms in total. The van der Waals surface area contributed by atoms with E-state index in [1.807, 2.05) is 6.92 Å². The van der Waals surface area contributed by atoms with Crippen LogP contribution in [0.25, 0.3) is 0 Å². The van der Waals surface area contributed by atoms with Crippen LogP contribution < -0.4 is 11.1 Å². The van der Waals surface area contributed by atoms with E-state index in [0.29, 0.717) is 6.54 Å². The maximum absolute atomic E-state index is 6.11. The van der Waals surface area contributed by atoms with Gasteiger partial charge in [0.25, 0.3) is 0 Å². The lowest BCUT2D eigenvalue weighted by atomic mass is 10.1. The highest BCUT2D eigenvalue weighted by Crippen LogP contribution is 2.27. The molecule has 0 aromatic carbocycles. The molecule has 0 aromatic rings. The Hall–Kier alpha value is -0.450. The Bertz CT molecular complexity index is 190. The molecule has 1 aliphatic heterocycles. The maximum Gasteiger partial charge on any atom is 0.189 e. The molecule has 0 saturated heterocycles. The Morgan fingerprint density at radius 1 is 1.75 bits per heavy atom. The number of nitrogens with one attached hydrogen (secondary N) is 1. The number of nitrogens with zero attached hydrogens (tertiary/aromatic N) is 2. The molecule has 5 heteroatoms. The van der Waals surface area contributed by atoms with Gasteiger partial charge >= 0.3 is 0 Å². The van der Waals surface area contributed by atoms with Crippen molar-refractivity contribution in [2.24, 2.45) is 16.0 Å². The molecular weight excluding hydrogens is 176 g/mol. The van der Waals surface area contributed by atoms with E-state index in [1.54, 1.807) is 12.3 Å². The van der Waals surface area contributed by atoms with Crippen molar-refractivity contribution in [1.29, 1.82) is 0 Å². The Morgan fingerprint density at radius 3 is 3.00 bits per heavy atom. The summed E-state index contributed by atoms with van der Waals surface area (Å²) >= 11 is 6.11. The van der Waals surface area contributed by atoms with Gasteiger partial charge in [0, 0.05) is 25.3 Å². The number of hydrogen-bond acceptors (Lipinski definition) is 4. The summed E-state index contributed by atoms with van der Waals surface area (Å²) in [5.41, 5.74) is 5.34. The highest BCUT2D eigenvalue weighted by atomic mass is 35.5. The van der Waals surface area contributed by atoms with Crippen molar-refractivity contribution in [1.82, 2.24) is 5.32 Å². The monoisotopic (exact) mass is 188 g/mol. The molecule has 1 heterocycles. The Balaban J connectivity index is 2.45. The smallest absolute Gasteiger partial charge is 0.189 e. The molecule has 0 saturated carbocycles. The van der Waals surface area contributed by atoms with Gasteiger partial charge in [0.15, 0.2) is 5.00 Å². The van der Waals surface area contributed by atoms with Gasteiger partial charge in [-0.2, -0.15) is 10.2 Å². The first-order chi connectivity index (χ1) is 5.69. The topological polar surface area (TPSA) is 62.8 Å². The molecule has 0 aromatic heterocycles. The van der Waals surface area contributed by atoms with E-state index >= 15 is 0 Å². The Kier molecular flexibility index (Phi) is 3.20. The molecular formula is C7H13ClN4. The van der Waals surface area contributed by atoms with Gasteiger partial charge in [0.05, 0.1) is 0 Å².